The van der Waals surface area contributed by atoms with E-state index in [4.69, 9.17) is 21.4 Å². The van der Waals surface area contributed by atoms with Crippen molar-refractivity contribution < 1.29 is 14.6 Å². The van der Waals surface area contributed by atoms with Crippen LogP contribution in [0.15, 0.2) is 46.0 Å². The fourth-order valence-corrected chi connectivity index (χ4v) is 2.26. The van der Waals surface area contributed by atoms with Crippen molar-refractivity contribution >= 4 is 45.4 Å². The first kappa shape index (κ1) is 16.3. The van der Waals surface area contributed by atoms with Crippen molar-refractivity contribution in [3.63, 3.8) is 0 Å². The van der Waals surface area contributed by atoms with Gasteiger partial charge in [-0.05, 0) is 36.4 Å². The Bertz CT molecular complexity index is 735. The summed E-state index contributed by atoms with van der Waals surface area (Å²) in [5.74, 6) is -0.364. The second-order valence-electron chi connectivity index (χ2n) is 4.26. The maximum Gasteiger partial charge on any atom is 0.335 e. The molecule has 0 heterocycles. The standard InChI is InChI=1S/C15H12BrClN2O3/c1-22-14-5-3-11(16)6-10(14)8-18-19-13-7-9(15(20)21)2-4-12(13)17/h2-8,19H,1H3,(H,20,21)/b18-8-. The molecule has 0 bridgehead atoms. The Kier molecular flexibility index (Phi) is 5.41. The molecular formula is C15H12BrClN2O3. The molecule has 0 unspecified atom stereocenters. The molecule has 2 N–H and O–H groups in total. The van der Waals surface area contributed by atoms with Gasteiger partial charge in [0.25, 0.3) is 0 Å². The zero-order valence-electron chi connectivity index (χ0n) is 11.5. The molecule has 0 aliphatic carbocycles. The summed E-state index contributed by atoms with van der Waals surface area (Å²) in [6, 6.07) is 9.86. The molecule has 0 aliphatic heterocycles. The third kappa shape index (κ3) is 3.99. The number of methoxy groups -OCH3 is 1. The van der Waals surface area contributed by atoms with Crippen LogP contribution in [0, 0.1) is 0 Å². The topological polar surface area (TPSA) is 70.9 Å². The molecule has 0 fully saturated rings. The van der Waals surface area contributed by atoms with Crippen molar-refractivity contribution in [3.05, 3.63) is 57.0 Å². The van der Waals surface area contributed by atoms with E-state index in [0.29, 0.717) is 16.5 Å². The third-order valence-electron chi connectivity index (χ3n) is 2.79. The van der Waals surface area contributed by atoms with Crippen molar-refractivity contribution in [2.24, 2.45) is 5.10 Å². The van der Waals surface area contributed by atoms with Crippen molar-refractivity contribution in [1.82, 2.24) is 0 Å². The zero-order chi connectivity index (χ0) is 16.1. The van der Waals surface area contributed by atoms with Gasteiger partial charge in [-0.1, -0.05) is 27.5 Å². The van der Waals surface area contributed by atoms with Crippen molar-refractivity contribution in [2.45, 2.75) is 0 Å². The van der Waals surface area contributed by atoms with Gasteiger partial charge < -0.3 is 9.84 Å². The van der Waals surface area contributed by atoms with Gasteiger partial charge in [0.05, 0.1) is 29.6 Å². The molecule has 0 atom stereocenters. The van der Waals surface area contributed by atoms with E-state index in [-0.39, 0.29) is 5.56 Å². The Morgan fingerprint density at radius 1 is 1.36 bits per heavy atom. The Labute approximate surface area is 140 Å². The number of nitrogens with zero attached hydrogens (tertiary/aromatic N) is 1. The number of carbonyl (C=O) groups is 1. The fraction of sp³-hybridized carbons (Fsp3) is 0.0667. The molecular weight excluding hydrogens is 372 g/mol. The fourth-order valence-electron chi connectivity index (χ4n) is 1.72. The van der Waals surface area contributed by atoms with E-state index in [1.54, 1.807) is 13.3 Å². The molecule has 0 amide bonds. The molecule has 2 aromatic carbocycles. The van der Waals surface area contributed by atoms with Crippen LogP contribution in [0.25, 0.3) is 0 Å². The van der Waals surface area contributed by atoms with Gasteiger partial charge in [0.15, 0.2) is 0 Å². The number of carboxylic acids is 1. The number of carboxylic acid groups (broad SMARTS) is 1. The smallest absolute Gasteiger partial charge is 0.335 e. The maximum absolute atomic E-state index is 10.9. The van der Waals surface area contributed by atoms with Crippen LogP contribution in [0.1, 0.15) is 15.9 Å². The van der Waals surface area contributed by atoms with Gasteiger partial charge in [-0.3, -0.25) is 5.43 Å². The first-order valence-electron chi connectivity index (χ1n) is 6.16. The zero-order valence-corrected chi connectivity index (χ0v) is 13.9. The van der Waals surface area contributed by atoms with E-state index < -0.39 is 5.97 Å². The van der Waals surface area contributed by atoms with E-state index in [2.05, 4.69) is 26.5 Å². The van der Waals surface area contributed by atoms with Crippen molar-refractivity contribution in [3.8, 4) is 5.75 Å². The molecule has 2 aromatic rings. The minimum absolute atomic E-state index is 0.127. The molecule has 22 heavy (non-hydrogen) atoms. The normalized spacial score (nSPS) is 10.7. The lowest BCUT2D eigenvalue weighted by molar-refractivity contribution is 0.0697. The molecule has 5 nitrogen and oxygen atoms in total. The summed E-state index contributed by atoms with van der Waals surface area (Å²) in [7, 11) is 1.57. The van der Waals surface area contributed by atoms with Gasteiger partial charge in [-0.25, -0.2) is 4.79 Å². The SMILES string of the molecule is COc1ccc(Br)cc1/C=N\Nc1cc(C(=O)O)ccc1Cl. The highest BCUT2D eigenvalue weighted by Gasteiger charge is 2.07. The van der Waals surface area contributed by atoms with E-state index in [9.17, 15) is 4.79 Å². The Hall–Kier alpha value is -2.05. The number of hydrazone groups is 1. The Balaban J connectivity index is 2.21. The van der Waals surface area contributed by atoms with Gasteiger partial charge in [0, 0.05) is 10.0 Å². The number of aromatic carboxylic acids is 1. The van der Waals surface area contributed by atoms with Crippen LogP contribution in [-0.2, 0) is 0 Å². The number of halogens is 2. The van der Waals surface area contributed by atoms with E-state index in [1.807, 2.05) is 18.2 Å². The highest BCUT2D eigenvalue weighted by Crippen LogP contribution is 2.24. The first-order chi connectivity index (χ1) is 10.5. The minimum atomic E-state index is -1.03. The van der Waals surface area contributed by atoms with Crippen molar-refractivity contribution in [1.29, 1.82) is 0 Å². The third-order valence-corrected chi connectivity index (χ3v) is 3.62. The van der Waals surface area contributed by atoms with Gasteiger partial charge in [0.1, 0.15) is 5.75 Å². The number of hydrogen-bond acceptors (Lipinski definition) is 4. The largest absolute Gasteiger partial charge is 0.496 e. The predicted octanol–water partition coefficient (Wildman–Crippen LogP) is 4.26. The van der Waals surface area contributed by atoms with E-state index >= 15 is 0 Å². The lowest BCUT2D eigenvalue weighted by Gasteiger charge is -2.06. The summed E-state index contributed by atoms with van der Waals surface area (Å²) in [6.45, 7) is 0. The molecule has 0 saturated heterocycles. The molecule has 114 valence electrons. The lowest BCUT2D eigenvalue weighted by Crippen LogP contribution is -1.99. The summed E-state index contributed by atoms with van der Waals surface area (Å²) >= 11 is 9.38. The van der Waals surface area contributed by atoms with Gasteiger partial charge in [0.2, 0.25) is 0 Å². The maximum atomic E-state index is 10.9. The predicted molar refractivity (Wildman–Crippen MR) is 90.3 cm³/mol. The highest BCUT2D eigenvalue weighted by molar-refractivity contribution is 9.10. The van der Waals surface area contributed by atoms with E-state index in [0.717, 1.165) is 10.0 Å². The van der Waals surface area contributed by atoms with Gasteiger partial charge >= 0.3 is 5.97 Å². The number of anilines is 1. The lowest BCUT2D eigenvalue weighted by atomic mass is 10.2. The molecule has 2 rings (SSSR count). The second-order valence-corrected chi connectivity index (χ2v) is 5.58. The Morgan fingerprint density at radius 2 is 2.14 bits per heavy atom. The molecule has 0 spiro atoms. The number of hydrogen-bond donors (Lipinski definition) is 2. The quantitative estimate of drug-likeness (QED) is 0.598. The van der Waals surface area contributed by atoms with Crippen LogP contribution in [0.2, 0.25) is 5.02 Å². The molecule has 0 saturated carbocycles. The van der Waals surface area contributed by atoms with Crippen LogP contribution in [0.4, 0.5) is 5.69 Å². The van der Waals surface area contributed by atoms with Crippen molar-refractivity contribution in [2.75, 3.05) is 12.5 Å². The summed E-state index contributed by atoms with van der Waals surface area (Å²) in [5.41, 5.74) is 4.03. The van der Waals surface area contributed by atoms with Gasteiger partial charge in [-0.2, -0.15) is 5.10 Å². The summed E-state index contributed by atoms with van der Waals surface area (Å²) in [6.07, 6.45) is 1.56. The summed E-state index contributed by atoms with van der Waals surface area (Å²) in [5, 5.41) is 13.4. The number of benzene rings is 2. The highest BCUT2D eigenvalue weighted by atomic mass is 79.9. The molecule has 7 heteroatoms. The summed E-state index contributed by atoms with van der Waals surface area (Å²) in [4.78, 5) is 10.9. The Morgan fingerprint density at radius 3 is 2.82 bits per heavy atom. The molecule has 0 aromatic heterocycles. The van der Waals surface area contributed by atoms with E-state index in [1.165, 1.54) is 18.2 Å². The average Bonchev–Trinajstić information content (AvgIpc) is 2.49. The number of ether oxygens (including phenoxy) is 1. The monoisotopic (exact) mass is 382 g/mol. The molecule has 0 aliphatic rings. The van der Waals surface area contributed by atoms with Crippen LogP contribution >= 0.6 is 27.5 Å². The van der Waals surface area contributed by atoms with Crippen LogP contribution < -0.4 is 10.2 Å². The number of nitrogens with one attached hydrogen (secondary N) is 1. The van der Waals surface area contributed by atoms with Gasteiger partial charge in [-0.15, -0.1) is 0 Å². The van der Waals surface area contributed by atoms with Crippen LogP contribution in [0.5, 0.6) is 5.75 Å². The van der Waals surface area contributed by atoms with Crippen LogP contribution in [0.3, 0.4) is 0 Å². The minimum Gasteiger partial charge on any atom is -0.496 e. The molecule has 0 radical (unpaired) electrons. The first-order valence-corrected chi connectivity index (χ1v) is 7.34. The second kappa shape index (κ2) is 7.29. The summed E-state index contributed by atoms with van der Waals surface area (Å²) < 4.78 is 6.12. The van der Waals surface area contributed by atoms with Crippen LogP contribution in [-0.4, -0.2) is 24.4 Å². The number of rotatable bonds is 5. The average molecular weight is 384 g/mol.